The van der Waals surface area contributed by atoms with Gasteiger partial charge in [0.25, 0.3) is 5.91 Å². The zero-order valence-electron chi connectivity index (χ0n) is 8.87. The third kappa shape index (κ3) is 2.33. The summed E-state index contributed by atoms with van der Waals surface area (Å²) in [6, 6.07) is 2.30. The summed E-state index contributed by atoms with van der Waals surface area (Å²) >= 11 is 1.42. The fourth-order valence-corrected chi connectivity index (χ4v) is 2.67. The lowest BCUT2D eigenvalue weighted by atomic mass is 10.2. The van der Waals surface area contributed by atoms with E-state index in [4.69, 9.17) is 10.8 Å². The highest BCUT2D eigenvalue weighted by atomic mass is 32.2. The molecule has 1 aliphatic heterocycles. The van der Waals surface area contributed by atoms with E-state index >= 15 is 0 Å². The van der Waals surface area contributed by atoms with Crippen LogP contribution in [0.4, 0.5) is 5.69 Å². The number of aliphatic carboxylic acids is 1. The minimum Gasteiger partial charge on any atom is -0.480 e. The van der Waals surface area contributed by atoms with Crippen molar-refractivity contribution in [1.29, 1.82) is 0 Å². The third-order valence-electron chi connectivity index (χ3n) is 2.43. The summed E-state index contributed by atoms with van der Waals surface area (Å²) in [7, 11) is 0. The van der Waals surface area contributed by atoms with Crippen LogP contribution >= 0.6 is 11.8 Å². The van der Waals surface area contributed by atoms with Crippen LogP contribution in [0.3, 0.4) is 0 Å². The normalized spacial score (nSPS) is 19.3. The van der Waals surface area contributed by atoms with Crippen LogP contribution in [-0.2, 0) is 4.79 Å². The molecular weight excluding hydrogens is 242 g/mol. The molecule has 1 aromatic rings. The number of aromatic nitrogens is 1. The molecule has 0 aliphatic carbocycles. The zero-order valence-corrected chi connectivity index (χ0v) is 9.68. The molecule has 0 aromatic carbocycles. The number of thioether (sulfide) groups is 1. The van der Waals surface area contributed by atoms with Gasteiger partial charge in [-0.3, -0.25) is 4.79 Å². The molecule has 2 heterocycles. The van der Waals surface area contributed by atoms with E-state index in [1.54, 1.807) is 6.07 Å². The topological polar surface area (TPSA) is 96.5 Å². The minimum absolute atomic E-state index is 0.216. The molecule has 7 heteroatoms. The number of hydrogen-bond acceptors (Lipinski definition) is 5. The molecule has 0 radical (unpaired) electrons. The number of hydrogen-bond donors (Lipinski definition) is 2. The Morgan fingerprint density at radius 1 is 1.53 bits per heavy atom. The van der Waals surface area contributed by atoms with Crippen molar-refractivity contribution in [3.63, 3.8) is 0 Å². The summed E-state index contributed by atoms with van der Waals surface area (Å²) in [6.07, 6.45) is 1.38. The molecule has 0 unspecified atom stereocenters. The number of carbonyl (C=O) groups is 2. The summed E-state index contributed by atoms with van der Waals surface area (Å²) in [6.45, 7) is 0. The Morgan fingerprint density at radius 2 is 2.29 bits per heavy atom. The van der Waals surface area contributed by atoms with Crippen LogP contribution in [0.5, 0.6) is 0 Å². The number of nitrogens with zero attached hydrogens (tertiary/aromatic N) is 2. The fraction of sp³-hybridized carbons (Fsp3) is 0.300. The van der Waals surface area contributed by atoms with Gasteiger partial charge in [-0.25, -0.2) is 9.78 Å². The van der Waals surface area contributed by atoms with Crippen molar-refractivity contribution in [3.05, 3.63) is 24.0 Å². The highest BCUT2D eigenvalue weighted by Gasteiger charge is 2.35. The van der Waals surface area contributed by atoms with Crippen LogP contribution in [0.2, 0.25) is 0 Å². The molecule has 0 saturated carbocycles. The number of carbonyl (C=O) groups excluding carboxylic acids is 1. The van der Waals surface area contributed by atoms with Gasteiger partial charge in [0.2, 0.25) is 0 Å². The Bertz CT molecular complexity index is 449. The van der Waals surface area contributed by atoms with Crippen LogP contribution in [-0.4, -0.2) is 44.5 Å². The van der Waals surface area contributed by atoms with E-state index < -0.39 is 12.0 Å². The smallest absolute Gasteiger partial charge is 0.327 e. The standard InChI is InChI=1S/C10H11N3O3S/c11-6-1-2-7(12-3-6)9(14)13-5-17-4-8(13)10(15)16/h1-3,8H,4-5,11H2,(H,15,16)/t8-/m0/s1. The maximum absolute atomic E-state index is 12.0. The molecule has 1 fully saturated rings. The third-order valence-corrected chi connectivity index (χ3v) is 3.45. The van der Waals surface area contributed by atoms with Crippen molar-refractivity contribution in [2.45, 2.75) is 6.04 Å². The molecule has 90 valence electrons. The van der Waals surface area contributed by atoms with Crippen LogP contribution in [0.1, 0.15) is 10.5 Å². The van der Waals surface area contributed by atoms with E-state index in [1.807, 2.05) is 0 Å². The number of pyridine rings is 1. The molecule has 2 rings (SSSR count). The molecule has 1 saturated heterocycles. The van der Waals surface area contributed by atoms with Crippen LogP contribution in [0.15, 0.2) is 18.3 Å². The van der Waals surface area contributed by atoms with Gasteiger partial charge in [-0.2, -0.15) is 0 Å². The van der Waals surface area contributed by atoms with Crippen molar-refractivity contribution in [2.24, 2.45) is 0 Å². The lowest BCUT2D eigenvalue weighted by Gasteiger charge is -2.19. The largest absolute Gasteiger partial charge is 0.480 e. The molecule has 0 spiro atoms. The molecule has 17 heavy (non-hydrogen) atoms. The van der Waals surface area contributed by atoms with Gasteiger partial charge in [0.1, 0.15) is 11.7 Å². The second kappa shape index (κ2) is 4.62. The highest BCUT2D eigenvalue weighted by Crippen LogP contribution is 2.22. The first-order valence-electron chi connectivity index (χ1n) is 4.92. The SMILES string of the molecule is Nc1ccc(C(=O)N2CSC[C@H]2C(=O)O)nc1. The molecule has 1 aliphatic rings. The van der Waals surface area contributed by atoms with Crippen LogP contribution in [0.25, 0.3) is 0 Å². The molecule has 1 atom stereocenters. The van der Waals surface area contributed by atoms with Crippen molar-refractivity contribution < 1.29 is 14.7 Å². The number of carboxylic acids is 1. The van der Waals surface area contributed by atoms with E-state index in [-0.39, 0.29) is 11.6 Å². The van der Waals surface area contributed by atoms with Crippen molar-refractivity contribution in [1.82, 2.24) is 9.88 Å². The van der Waals surface area contributed by atoms with Crippen molar-refractivity contribution in [2.75, 3.05) is 17.4 Å². The Kier molecular flexibility index (Phi) is 3.19. The first-order valence-corrected chi connectivity index (χ1v) is 6.08. The zero-order chi connectivity index (χ0) is 12.4. The van der Waals surface area contributed by atoms with Gasteiger partial charge < -0.3 is 15.7 Å². The van der Waals surface area contributed by atoms with Gasteiger partial charge in [0.05, 0.1) is 17.8 Å². The van der Waals surface area contributed by atoms with E-state index in [0.717, 1.165) is 0 Å². The average Bonchev–Trinajstić information content (AvgIpc) is 2.78. The molecular formula is C10H11N3O3S. The maximum atomic E-state index is 12.0. The molecule has 0 bridgehead atoms. The monoisotopic (exact) mass is 253 g/mol. The Balaban J connectivity index is 2.19. The lowest BCUT2D eigenvalue weighted by molar-refractivity contribution is -0.140. The summed E-state index contributed by atoms with van der Waals surface area (Å²) in [5, 5.41) is 8.98. The van der Waals surface area contributed by atoms with Gasteiger partial charge in [-0.1, -0.05) is 0 Å². The number of rotatable bonds is 2. The molecule has 6 nitrogen and oxygen atoms in total. The Hall–Kier alpha value is -1.76. The van der Waals surface area contributed by atoms with Crippen LogP contribution < -0.4 is 5.73 Å². The second-order valence-electron chi connectivity index (χ2n) is 3.61. The van der Waals surface area contributed by atoms with E-state index in [9.17, 15) is 9.59 Å². The predicted molar refractivity (Wildman–Crippen MR) is 63.6 cm³/mol. The Labute approximate surface area is 102 Å². The van der Waals surface area contributed by atoms with Gasteiger partial charge >= 0.3 is 5.97 Å². The molecule has 3 N–H and O–H groups in total. The van der Waals surface area contributed by atoms with Crippen molar-refractivity contribution in [3.8, 4) is 0 Å². The maximum Gasteiger partial charge on any atom is 0.327 e. The summed E-state index contributed by atoms with van der Waals surface area (Å²) in [5.41, 5.74) is 6.15. The summed E-state index contributed by atoms with van der Waals surface area (Å²) < 4.78 is 0. The average molecular weight is 253 g/mol. The second-order valence-corrected chi connectivity index (χ2v) is 4.61. The quantitative estimate of drug-likeness (QED) is 0.785. The molecule has 1 aromatic heterocycles. The number of nitrogens with two attached hydrogens (primary N) is 1. The van der Waals surface area contributed by atoms with E-state index in [1.165, 1.54) is 28.9 Å². The lowest BCUT2D eigenvalue weighted by Crippen LogP contribution is -2.42. The number of amides is 1. The number of nitrogen functional groups attached to an aromatic ring is 1. The minimum atomic E-state index is -0.987. The van der Waals surface area contributed by atoms with Gasteiger partial charge in [0, 0.05) is 5.75 Å². The van der Waals surface area contributed by atoms with E-state index in [2.05, 4.69) is 4.98 Å². The Morgan fingerprint density at radius 3 is 2.88 bits per heavy atom. The highest BCUT2D eigenvalue weighted by molar-refractivity contribution is 7.99. The number of anilines is 1. The van der Waals surface area contributed by atoms with Crippen molar-refractivity contribution >= 4 is 29.3 Å². The summed E-state index contributed by atoms with van der Waals surface area (Å²) in [5.74, 6) is -0.570. The van der Waals surface area contributed by atoms with Crippen LogP contribution in [0, 0.1) is 0 Å². The number of carboxylic acid groups (broad SMARTS) is 1. The predicted octanol–water partition coefficient (Wildman–Crippen LogP) is 0.263. The fourth-order valence-electron chi connectivity index (χ4n) is 1.53. The first-order chi connectivity index (χ1) is 8.09. The first kappa shape index (κ1) is 11.7. The van der Waals surface area contributed by atoms with Gasteiger partial charge in [-0.15, -0.1) is 11.8 Å². The molecule has 1 amide bonds. The summed E-state index contributed by atoms with van der Waals surface area (Å²) in [4.78, 5) is 28.2. The van der Waals surface area contributed by atoms with E-state index in [0.29, 0.717) is 17.3 Å². The van der Waals surface area contributed by atoms with Gasteiger partial charge in [0.15, 0.2) is 0 Å². The van der Waals surface area contributed by atoms with Gasteiger partial charge in [-0.05, 0) is 12.1 Å².